The number of esters is 3. The molecule has 0 unspecified atom stereocenters. The van der Waals surface area contributed by atoms with Gasteiger partial charge in [0.1, 0.15) is 18.3 Å². The second-order valence-electron chi connectivity index (χ2n) is 10.2. The van der Waals surface area contributed by atoms with E-state index in [1.807, 2.05) is 13.8 Å². The molecule has 1 N–H and O–H groups in total. The molecule has 8 heteroatoms. The summed E-state index contributed by atoms with van der Waals surface area (Å²) in [6.45, 7) is 9.19. The Morgan fingerprint density at radius 2 is 1.81 bits per heavy atom. The van der Waals surface area contributed by atoms with E-state index in [4.69, 9.17) is 14.2 Å². The van der Waals surface area contributed by atoms with Gasteiger partial charge in [0.05, 0.1) is 12.0 Å². The molecule has 0 aromatic rings. The molecule has 0 aromatic heterocycles. The van der Waals surface area contributed by atoms with Crippen LogP contribution in [0.15, 0.2) is 0 Å². The number of hydrogen-bond donors (Lipinski definition) is 1. The minimum Gasteiger partial charge on any atom is -0.462 e. The summed E-state index contributed by atoms with van der Waals surface area (Å²) in [6.07, 6.45) is 0.822. The first-order chi connectivity index (χ1) is 14.6. The molecule has 0 spiro atoms. The molecule has 4 rings (SSSR count). The van der Waals surface area contributed by atoms with Gasteiger partial charge in [-0.25, -0.2) is 0 Å². The number of fused-ring (bicyclic) bond motifs is 2. The van der Waals surface area contributed by atoms with Gasteiger partial charge in [-0.3, -0.25) is 14.4 Å². The zero-order chi connectivity index (χ0) is 22.5. The molecule has 8 nitrogen and oxygen atoms in total. The lowest BCUT2D eigenvalue weighted by molar-refractivity contribution is -0.165. The first kappa shape index (κ1) is 22.5. The highest BCUT2D eigenvalue weighted by Crippen LogP contribution is 2.58. The van der Waals surface area contributed by atoms with Crippen molar-refractivity contribution in [2.45, 2.75) is 77.8 Å². The molecule has 2 saturated carbocycles. The van der Waals surface area contributed by atoms with Crippen molar-refractivity contribution in [3.05, 3.63) is 0 Å². The van der Waals surface area contributed by atoms with Crippen molar-refractivity contribution in [2.75, 3.05) is 19.6 Å². The molecular weight excluding hydrogens is 402 g/mol. The summed E-state index contributed by atoms with van der Waals surface area (Å²) >= 11 is 0. The maximum atomic E-state index is 12.8. The molecule has 0 bridgehead atoms. The van der Waals surface area contributed by atoms with Crippen molar-refractivity contribution < 1.29 is 33.7 Å². The van der Waals surface area contributed by atoms with Gasteiger partial charge < -0.3 is 24.2 Å². The van der Waals surface area contributed by atoms with Crippen LogP contribution in [0.2, 0.25) is 0 Å². The Bertz CT molecular complexity index is 735. The van der Waals surface area contributed by atoms with E-state index in [1.165, 1.54) is 13.8 Å². The first-order valence-electron chi connectivity index (χ1n) is 11.6. The number of carbonyl (C=O) groups is 3. The summed E-state index contributed by atoms with van der Waals surface area (Å²) < 4.78 is 17.2. The molecule has 0 radical (unpaired) electrons. The summed E-state index contributed by atoms with van der Waals surface area (Å²) in [6, 6.07) is 0. The number of rotatable bonds is 4. The van der Waals surface area contributed by atoms with Crippen molar-refractivity contribution >= 4 is 17.9 Å². The van der Waals surface area contributed by atoms with Crippen molar-refractivity contribution in [2.24, 2.45) is 29.1 Å². The third kappa shape index (κ3) is 3.86. The van der Waals surface area contributed by atoms with Gasteiger partial charge in [0.15, 0.2) is 0 Å². The van der Waals surface area contributed by atoms with Gasteiger partial charge in [-0.2, -0.15) is 0 Å². The summed E-state index contributed by atoms with van der Waals surface area (Å²) in [5.41, 5.74) is -0.845. The van der Waals surface area contributed by atoms with Crippen molar-refractivity contribution in [1.82, 2.24) is 4.90 Å². The van der Waals surface area contributed by atoms with E-state index in [0.29, 0.717) is 19.4 Å². The minimum absolute atomic E-state index is 0.0119. The van der Waals surface area contributed by atoms with Crippen LogP contribution in [0.3, 0.4) is 0 Å². The Morgan fingerprint density at radius 1 is 1.16 bits per heavy atom. The lowest BCUT2D eigenvalue weighted by atomic mass is 9.66. The second-order valence-corrected chi connectivity index (χ2v) is 10.2. The molecule has 2 aliphatic carbocycles. The van der Waals surface area contributed by atoms with Gasteiger partial charge in [-0.1, -0.05) is 13.8 Å². The fourth-order valence-corrected chi connectivity index (χ4v) is 7.03. The van der Waals surface area contributed by atoms with Crippen LogP contribution in [0.5, 0.6) is 0 Å². The largest absolute Gasteiger partial charge is 0.462 e. The molecule has 4 aliphatic rings. The summed E-state index contributed by atoms with van der Waals surface area (Å²) in [7, 11) is 0. The molecular formula is C23H35NO7. The van der Waals surface area contributed by atoms with Gasteiger partial charge in [0.25, 0.3) is 0 Å². The number of aliphatic hydroxyl groups is 1. The molecule has 174 valence electrons. The van der Waals surface area contributed by atoms with Crippen LogP contribution in [0.1, 0.15) is 53.4 Å². The first-order valence-corrected chi connectivity index (χ1v) is 11.6. The third-order valence-corrected chi connectivity index (χ3v) is 8.22. The SMILES string of the molecule is CC(=O)O[C@H]1C[C@@H](OC(C)=O)[C@H]2[C@H](C)C[C@@H]3OC(=O)[C@H](CN4CCCC4)[C@H]3[C@@H](O)[C@@]21C. The average molecular weight is 438 g/mol. The minimum atomic E-state index is -0.920. The van der Waals surface area contributed by atoms with Gasteiger partial charge in [0.2, 0.25) is 0 Å². The fraction of sp³-hybridized carbons (Fsp3) is 0.870. The maximum Gasteiger partial charge on any atom is 0.311 e. The Morgan fingerprint density at radius 3 is 2.42 bits per heavy atom. The van der Waals surface area contributed by atoms with Crippen LogP contribution in [-0.4, -0.2) is 72.0 Å². The standard InChI is InChI=1S/C23H35NO7/c1-12-9-16-19(15(22(28)31-16)11-24-7-5-6-8-24)21(27)23(4)18(30-14(3)26)10-17(20(12)23)29-13(2)25/h12,15-21,27H,5-11H2,1-4H3/t12-,15-,16+,17-,18+,19-,20-,21-,23-/m1/s1. The van der Waals surface area contributed by atoms with E-state index < -0.39 is 35.6 Å². The van der Waals surface area contributed by atoms with Crippen molar-refractivity contribution in [3.63, 3.8) is 0 Å². The van der Waals surface area contributed by atoms with Crippen LogP contribution >= 0.6 is 0 Å². The number of aliphatic hydroxyl groups excluding tert-OH is 1. The van der Waals surface area contributed by atoms with Crippen molar-refractivity contribution in [3.8, 4) is 0 Å². The zero-order valence-corrected chi connectivity index (χ0v) is 18.9. The third-order valence-electron chi connectivity index (χ3n) is 8.22. The van der Waals surface area contributed by atoms with E-state index in [1.54, 1.807) is 0 Å². The predicted molar refractivity (Wildman–Crippen MR) is 110 cm³/mol. The molecule has 2 heterocycles. The zero-order valence-electron chi connectivity index (χ0n) is 18.9. The smallest absolute Gasteiger partial charge is 0.311 e. The Balaban J connectivity index is 1.69. The monoisotopic (exact) mass is 437 g/mol. The van der Waals surface area contributed by atoms with Crippen LogP contribution < -0.4 is 0 Å². The summed E-state index contributed by atoms with van der Waals surface area (Å²) in [4.78, 5) is 38.8. The van der Waals surface area contributed by atoms with Gasteiger partial charge in [-0.05, 0) is 38.3 Å². The Labute approximate surface area is 183 Å². The molecule has 2 aliphatic heterocycles. The number of nitrogens with zero attached hydrogens (tertiary/aromatic N) is 1. The Kier molecular flexibility index (Phi) is 6.07. The highest BCUT2D eigenvalue weighted by Gasteiger charge is 2.67. The number of likely N-dealkylation sites (tertiary alicyclic amines) is 1. The van der Waals surface area contributed by atoms with Gasteiger partial charge in [-0.15, -0.1) is 0 Å². The molecule has 31 heavy (non-hydrogen) atoms. The lowest BCUT2D eigenvalue weighted by Gasteiger charge is -2.43. The van der Waals surface area contributed by atoms with Crippen LogP contribution in [0.25, 0.3) is 0 Å². The molecule has 2 saturated heterocycles. The Hall–Kier alpha value is -1.67. The topological polar surface area (TPSA) is 102 Å². The summed E-state index contributed by atoms with van der Waals surface area (Å²) in [5.74, 6) is -2.03. The quantitative estimate of drug-likeness (QED) is 0.522. The number of ether oxygens (including phenoxy) is 3. The fourth-order valence-electron chi connectivity index (χ4n) is 7.03. The van der Waals surface area contributed by atoms with E-state index >= 15 is 0 Å². The average Bonchev–Trinajstić information content (AvgIpc) is 3.32. The highest BCUT2D eigenvalue weighted by molar-refractivity contribution is 5.76. The number of carbonyl (C=O) groups excluding carboxylic acids is 3. The highest BCUT2D eigenvalue weighted by atomic mass is 16.6. The van der Waals surface area contributed by atoms with E-state index in [0.717, 1.165) is 25.9 Å². The maximum absolute atomic E-state index is 12.8. The summed E-state index contributed by atoms with van der Waals surface area (Å²) in [5, 5.41) is 11.8. The lowest BCUT2D eigenvalue weighted by Crippen LogP contribution is -2.52. The van der Waals surface area contributed by atoms with Crippen LogP contribution in [-0.2, 0) is 28.6 Å². The molecule has 0 aromatic carbocycles. The van der Waals surface area contributed by atoms with Crippen LogP contribution in [0, 0.1) is 29.1 Å². The van der Waals surface area contributed by atoms with Gasteiger partial charge in [0, 0.05) is 44.1 Å². The second kappa shape index (κ2) is 8.35. The van der Waals surface area contributed by atoms with E-state index in [9.17, 15) is 19.5 Å². The number of hydrogen-bond acceptors (Lipinski definition) is 8. The normalized spacial score (nSPS) is 44.9. The molecule has 9 atom stereocenters. The van der Waals surface area contributed by atoms with Crippen molar-refractivity contribution in [1.29, 1.82) is 0 Å². The van der Waals surface area contributed by atoms with Gasteiger partial charge >= 0.3 is 17.9 Å². The van der Waals surface area contributed by atoms with E-state index in [-0.39, 0.29) is 35.8 Å². The molecule has 4 fully saturated rings. The van der Waals surface area contributed by atoms with Crippen LogP contribution in [0.4, 0.5) is 0 Å². The predicted octanol–water partition coefficient (Wildman–Crippen LogP) is 1.53. The van der Waals surface area contributed by atoms with E-state index in [2.05, 4.69) is 4.90 Å². The molecule has 0 amide bonds.